The smallest absolute Gasteiger partial charge is 0.102 e. The molecule has 0 radical (unpaired) electrons. The Morgan fingerprint density at radius 2 is 2.10 bits per heavy atom. The number of pyridine rings is 1. The molecule has 2 rings (SSSR count). The number of rotatable bonds is 5. The number of fused-ring (bicyclic) bond motifs is 1. The molecule has 0 spiro atoms. The third kappa shape index (κ3) is 3.01. The van der Waals surface area contributed by atoms with Gasteiger partial charge in [0.25, 0.3) is 0 Å². The lowest BCUT2D eigenvalue weighted by molar-refractivity contribution is 0.103. The quantitative estimate of drug-likeness (QED) is 0.908. The van der Waals surface area contributed by atoms with Crippen molar-refractivity contribution in [3.05, 3.63) is 41.7 Å². The number of nitrogens with zero attached hydrogens (tertiary/aromatic N) is 3. The van der Waals surface area contributed by atoms with Crippen molar-refractivity contribution in [1.82, 2.24) is 9.30 Å². The normalized spacial score (nSPS) is 13.1. The molecular weight excluding hydrogens is 250 g/mol. The van der Waals surface area contributed by atoms with Crippen molar-refractivity contribution < 1.29 is 5.11 Å². The van der Waals surface area contributed by atoms with E-state index in [0.29, 0.717) is 19.1 Å². The third-order valence-corrected chi connectivity index (χ3v) is 3.48. The minimum atomic E-state index is -0.375. The highest BCUT2D eigenvalue weighted by Gasteiger charge is 2.17. The average molecular weight is 271 g/mol. The van der Waals surface area contributed by atoms with Crippen LogP contribution in [-0.4, -0.2) is 33.1 Å². The van der Waals surface area contributed by atoms with Gasteiger partial charge in [0.05, 0.1) is 17.2 Å². The van der Waals surface area contributed by atoms with E-state index < -0.39 is 0 Å². The molecule has 4 heteroatoms. The number of aromatic nitrogens is 1. The highest BCUT2D eigenvalue weighted by molar-refractivity contribution is 5.65. The van der Waals surface area contributed by atoms with Gasteiger partial charge < -0.3 is 9.51 Å². The summed E-state index contributed by atoms with van der Waals surface area (Å²) in [6.45, 7) is 7.27. The van der Waals surface area contributed by atoms with E-state index in [9.17, 15) is 10.4 Å². The Labute approximate surface area is 119 Å². The van der Waals surface area contributed by atoms with Crippen LogP contribution >= 0.6 is 0 Å². The fraction of sp³-hybridized carbons (Fsp3) is 0.438. The van der Waals surface area contributed by atoms with Crippen molar-refractivity contribution >= 4 is 5.52 Å². The van der Waals surface area contributed by atoms with E-state index in [1.54, 1.807) is 6.92 Å². The third-order valence-electron chi connectivity index (χ3n) is 3.48. The van der Waals surface area contributed by atoms with Crippen LogP contribution in [0.4, 0.5) is 0 Å². The van der Waals surface area contributed by atoms with Crippen LogP contribution < -0.4 is 0 Å². The van der Waals surface area contributed by atoms with Gasteiger partial charge in [-0.1, -0.05) is 6.07 Å². The van der Waals surface area contributed by atoms with E-state index in [2.05, 4.69) is 24.8 Å². The summed E-state index contributed by atoms with van der Waals surface area (Å²) in [5.41, 5.74) is 2.67. The van der Waals surface area contributed by atoms with Gasteiger partial charge >= 0.3 is 0 Å². The van der Waals surface area contributed by atoms with Gasteiger partial charge in [0.2, 0.25) is 0 Å². The number of hydrogen-bond acceptors (Lipinski definition) is 3. The molecule has 0 saturated carbocycles. The lowest BCUT2D eigenvalue weighted by Crippen LogP contribution is -2.36. The van der Waals surface area contributed by atoms with Gasteiger partial charge in [-0.05, 0) is 32.9 Å². The van der Waals surface area contributed by atoms with Crippen LogP contribution in [0.15, 0.2) is 30.6 Å². The summed E-state index contributed by atoms with van der Waals surface area (Å²) < 4.78 is 1.98. The van der Waals surface area contributed by atoms with Crippen LogP contribution in [0.2, 0.25) is 0 Å². The topological polar surface area (TPSA) is 51.7 Å². The molecule has 106 valence electrons. The number of aliphatic hydroxyl groups excluding tert-OH is 1. The van der Waals surface area contributed by atoms with Crippen LogP contribution in [0, 0.1) is 11.3 Å². The molecule has 1 unspecified atom stereocenters. The first-order valence-corrected chi connectivity index (χ1v) is 6.93. The molecule has 0 fully saturated rings. The Hall–Kier alpha value is -1.83. The van der Waals surface area contributed by atoms with Gasteiger partial charge in [0, 0.05) is 37.1 Å². The first-order valence-electron chi connectivity index (χ1n) is 6.93. The van der Waals surface area contributed by atoms with Gasteiger partial charge in [-0.2, -0.15) is 5.26 Å². The second-order valence-corrected chi connectivity index (χ2v) is 5.51. The van der Waals surface area contributed by atoms with Crippen molar-refractivity contribution in [3.63, 3.8) is 0 Å². The van der Waals surface area contributed by atoms with Crippen molar-refractivity contribution in [2.75, 3.05) is 6.54 Å². The maximum atomic E-state index is 9.60. The molecule has 0 saturated heterocycles. The van der Waals surface area contributed by atoms with Gasteiger partial charge in [-0.3, -0.25) is 4.90 Å². The molecule has 0 aliphatic rings. The van der Waals surface area contributed by atoms with E-state index in [1.807, 2.05) is 35.0 Å². The number of aliphatic hydroxyl groups is 1. The summed E-state index contributed by atoms with van der Waals surface area (Å²) >= 11 is 0. The van der Waals surface area contributed by atoms with Gasteiger partial charge in [0.1, 0.15) is 6.07 Å². The van der Waals surface area contributed by atoms with Crippen LogP contribution in [0.25, 0.3) is 5.52 Å². The number of hydrogen-bond donors (Lipinski definition) is 1. The van der Waals surface area contributed by atoms with Gasteiger partial charge in [0.15, 0.2) is 0 Å². The zero-order valence-electron chi connectivity index (χ0n) is 12.2. The second-order valence-electron chi connectivity index (χ2n) is 5.51. The van der Waals surface area contributed by atoms with Gasteiger partial charge in [-0.25, -0.2) is 0 Å². The maximum Gasteiger partial charge on any atom is 0.102 e. The first kappa shape index (κ1) is 14.6. The minimum absolute atomic E-state index is 0.319. The molecule has 0 aliphatic carbocycles. The van der Waals surface area contributed by atoms with E-state index in [4.69, 9.17) is 0 Å². The zero-order valence-corrected chi connectivity index (χ0v) is 12.2. The lowest BCUT2D eigenvalue weighted by Gasteiger charge is -2.27. The first-order chi connectivity index (χ1) is 9.52. The molecule has 2 aromatic heterocycles. The Morgan fingerprint density at radius 1 is 1.35 bits per heavy atom. The molecule has 0 aliphatic heterocycles. The lowest BCUT2D eigenvalue weighted by atomic mass is 10.1. The molecule has 2 heterocycles. The highest BCUT2D eigenvalue weighted by Crippen LogP contribution is 2.20. The van der Waals surface area contributed by atoms with E-state index >= 15 is 0 Å². The van der Waals surface area contributed by atoms with E-state index in [0.717, 1.165) is 16.6 Å². The predicted molar refractivity (Wildman–Crippen MR) is 79.3 cm³/mol. The summed E-state index contributed by atoms with van der Waals surface area (Å²) in [6, 6.07) is 8.47. The molecule has 1 N–H and O–H groups in total. The Morgan fingerprint density at radius 3 is 2.70 bits per heavy atom. The summed E-state index contributed by atoms with van der Waals surface area (Å²) in [5.74, 6) is 0. The molecule has 1 atom stereocenters. The fourth-order valence-corrected chi connectivity index (χ4v) is 2.44. The average Bonchev–Trinajstić information content (AvgIpc) is 2.74. The molecule has 0 aromatic carbocycles. The Kier molecular flexibility index (Phi) is 4.43. The largest absolute Gasteiger partial charge is 0.392 e. The summed E-state index contributed by atoms with van der Waals surface area (Å²) in [7, 11) is 0. The molecular formula is C16H21N3O. The fourth-order valence-electron chi connectivity index (χ4n) is 2.44. The molecule has 4 nitrogen and oxygen atoms in total. The Balaban J connectivity index is 2.35. The van der Waals surface area contributed by atoms with Crippen LogP contribution in [0.1, 0.15) is 31.9 Å². The van der Waals surface area contributed by atoms with Crippen molar-refractivity contribution in [3.8, 4) is 6.07 Å². The van der Waals surface area contributed by atoms with Crippen molar-refractivity contribution in [1.29, 1.82) is 5.26 Å². The van der Waals surface area contributed by atoms with Gasteiger partial charge in [-0.15, -0.1) is 0 Å². The summed E-state index contributed by atoms with van der Waals surface area (Å²) in [6.07, 6.45) is 3.58. The van der Waals surface area contributed by atoms with Crippen molar-refractivity contribution in [2.24, 2.45) is 0 Å². The summed E-state index contributed by atoms with van der Waals surface area (Å²) in [4.78, 5) is 2.18. The predicted octanol–water partition coefficient (Wildman–Crippen LogP) is 2.40. The van der Waals surface area contributed by atoms with E-state index in [1.165, 1.54) is 0 Å². The number of nitriles is 1. The second kappa shape index (κ2) is 6.08. The monoisotopic (exact) mass is 271 g/mol. The molecule has 2 aromatic rings. The highest BCUT2D eigenvalue weighted by atomic mass is 16.3. The van der Waals surface area contributed by atoms with Crippen LogP contribution in [0.3, 0.4) is 0 Å². The minimum Gasteiger partial charge on any atom is -0.392 e. The van der Waals surface area contributed by atoms with Crippen LogP contribution in [-0.2, 0) is 6.54 Å². The molecule has 20 heavy (non-hydrogen) atoms. The summed E-state index contributed by atoms with van der Waals surface area (Å²) in [5, 5.41) is 19.0. The van der Waals surface area contributed by atoms with Crippen LogP contribution in [0.5, 0.6) is 0 Å². The molecule has 0 amide bonds. The SMILES string of the molecule is CC(O)CN(Cc1cn2ccccc2c1C#N)C(C)C. The van der Waals surface area contributed by atoms with E-state index in [-0.39, 0.29) is 6.10 Å². The molecule has 0 bridgehead atoms. The van der Waals surface area contributed by atoms with Crippen molar-refractivity contribution in [2.45, 2.75) is 39.5 Å². The Bertz CT molecular complexity index is 622. The zero-order chi connectivity index (χ0) is 14.7. The standard InChI is InChI=1S/C16H21N3O/c1-12(2)19(9-13(3)20)11-14-10-18-7-5-4-6-16(18)15(14)8-17/h4-7,10,12-13,20H,9,11H2,1-3H3. The maximum absolute atomic E-state index is 9.60.